The molecule has 1 aliphatic heterocycles. The number of carbonyl (C=O) groups excluding carboxylic acids is 2. The predicted molar refractivity (Wildman–Crippen MR) is 130 cm³/mol. The molecule has 1 amide bonds. The molecule has 0 bridgehead atoms. The molecule has 1 unspecified atom stereocenters. The molecule has 3 aromatic carbocycles. The highest BCUT2D eigenvalue weighted by Crippen LogP contribution is 2.48. The second-order valence-electron chi connectivity index (χ2n) is 8.75. The minimum atomic E-state index is -0.771. The van der Waals surface area contributed by atoms with Crippen LogP contribution in [0.2, 0.25) is 0 Å². The highest BCUT2D eigenvalue weighted by Gasteiger charge is 2.50. The Hall–Kier alpha value is -3.80. The lowest BCUT2D eigenvalue weighted by molar-refractivity contribution is -0.141. The molecule has 6 heteroatoms. The normalized spacial score (nSPS) is 20.3. The first-order valence-electron chi connectivity index (χ1n) is 11.6. The molecular formula is C28H27NO5. The predicted octanol–water partition coefficient (Wildman–Crippen LogP) is 5.22. The summed E-state index contributed by atoms with van der Waals surface area (Å²) in [5.74, 6) is -0.479. The molecule has 6 nitrogen and oxygen atoms in total. The minimum Gasteiger partial charge on any atom is -0.507 e. The van der Waals surface area contributed by atoms with E-state index in [-0.39, 0.29) is 17.4 Å². The van der Waals surface area contributed by atoms with Crippen LogP contribution in [0.3, 0.4) is 0 Å². The molecule has 0 radical (unpaired) electrons. The maximum Gasteiger partial charge on any atom is 0.295 e. The van der Waals surface area contributed by atoms with Crippen LogP contribution in [0.15, 0.2) is 66.2 Å². The SMILES string of the molecule is COc1cccc(C2/C(=C(\O)c3cccc4ccccc34)C(=O)C(=O)N2C2CCCC2)c1OC. The number of ketones is 1. The van der Waals surface area contributed by atoms with Gasteiger partial charge in [-0.15, -0.1) is 0 Å². The zero-order valence-corrected chi connectivity index (χ0v) is 19.3. The summed E-state index contributed by atoms with van der Waals surface area (Å²) in [5.41, 5.74) is 1.23. The first-order valence-corrected chi connectivity index (χ1v) is 11.6. The second kappa shape index (κ2) is 8.86. The lowest BCUT2D eigenvalue weighted by Crippen LogP contribution is -2.37. The van der Waals surface area contributed by atoms with Gasteiger partial charge in [0.15, 0.2) is 11.5 Å². The number of aliphatic hydroxyl groups excluding tert-OH is 1. The molecule has 5 rings (SSSR count). The van der Waals surface area contributed by atoms with Gasteiger partial charge in [0.25, 0.3) is 11.7 Å². The van der Waals surface area contributed by atoms with Crippen LogP contribution in [0.25, 0.3) is 16.5 Å². The van der Waals surface area contributed by atoms with Gasteiger partial charge in [0, 0.05) is 17.2 Å². The molecule has 1 atom stereocenters. The minimum absolute atomic E-state index is 0.0739. The van der Waals surface area contributed by atoms with Gasteiger partial charge in [0.1, 0.15) is 5.76 Å². The van der Waals surface area contributed by atoms with E-state index < -0.39 is 17.7 Å². The van der Waals surface area contributed by atoms with E-state index in [2.05, 4.69) is 0 Å². The molecule has 1 heterocycles. The fourth-order valence-electron chi connectivity index (χ4n) is 5.42. The van der Waals surface area contributed by atoms with Gasteiger partial charge in [0.2, 0.25) is 0 Å². The van der Waals surface area contributed by atoms with Crippen LogP contribution in [0, 0.1) is 0 Å². The van der Waals surface area contributed by atoms with Crippen LogP contribution in [-0.4, -0.2) is 42.0 Å². The Kier molecular flexibility index (Phi) is 5.74. The molecule has 1 saturated heterocycles. The number of benzene rings is 3. The summed E-state index contributed by atoms with van der Waals surface area (Å²) in [6.45, 7) is 0. The fraction of sp³-hybridized carbons (Fsp3) is 0.286. The van der Waals surface area contributed by atoms with E-state index in [0.29, 0.717) is 22.6 Å². The Morgan fingerprint density at radius 2 is 1.62 bits per heavy atom. The first-order chi connectivity index (χ1) is 16.6. The van der Waals surface area contributed by atoms with Crippen molar-refractivity contribution >= 4 is 28.2 Å². The number of hydrogen-bond acceptors (Lipinski definition) is 5. The third-order valence-electron chi connectivity index (χ3n) is 6.97. The van der Waals surface area contributed by atoms with Crippen molar-refractivity contribution in [1.82, 2.24) is 4.90 Å². The second-order valence-corrected chi connectivity index (χ2v) is 8.75. The third-order valence-corrected chi connectivity index (χ3v) is 6.97. The van der Waals surface area contributed by atoms with E-state index in [1.54, 1.807) is 24.1 Å². The van der Waals surface area contributed by atoms with Crippen LogP contribution in [-0.2, 0) is 9.59 Å². The average molecular weight is 458 g/mol. The van der Waals surface area contributed by atoms with Crippen molar-refractivity contribution in [2.75, 3.05) is 14.2 Å². The van der Waals surface area contributed by atoms with Gasteiger partial charge in [-0.05, 0) is 29.7 Å². The monoisotopic (exact) mass is 457 g/mol. The van der Waals surface area contributed by atoms with E-state index in [1.807, 2.05) is 48.5 Å². The number of para-hydroxylation sites is 1. The van der Waals surface area contributed by atoms with Crippen LogP contribution in [0.4, 0.5) is 0 Å². The highest BCUT2D eigenvalue weighted by molar-refractivity contribution is 6.47. The van der Waals surface area contributed by atoms with Crippen LogP contribution >= 0.6 is 0 Å². The molecule has 3 aromatic rings. The Bertz CT molecular complexity index is 1300. The van der Waals surface area contributed by atoms with Crippen LogP contribution in [0.1, 0.15) is 42.9 Å². The number of amides is 1. The number of aliphatic hydroxyl groups is 1. The molecule has 174 valence electrons. The molecule has 1 aliphatic carbocycles. The van der Waals surface area contributed by atoms with Crippen LogP contribution < -0.4 is 9.47 Å². The highest BCUT2D eigenvalue weighted by atomic mass is 16.5. The summed E-state index contributed by atoms with van der Waals surface area (Å²) in [7, 11) is 3.08. The van der Waals surface area contributed by atoms with E-state index in [0.717, 1.165) is 36.5 Å². The largest absolute Gasteiger partial charge is 0.507 e. The van der Waals surface area contributed by atoms with Gasteiger partial charge in [-0.3, -0.25) is 9.59 Å². The number of methoxy groups -OCH3 is 2. The first kappa shape index (κ1) is 22.0. The topological polar surface area (TPSA) is 76.1 Å². The van der Waals surface area contributed by atoms with Gasteiger partial charge < -0.3 is 19.5 Å². The number of Topliss-reactive ketones (excluding diaryl/α,β-unsaturated/α-hetero) is 1. The van der Waals surface area contributed by atoms with Crippen molar-refractivity contribution in [3.8, 4) is 11.5 Å². The quantitative estimate of drug-likeness (QED) is 0.323. The molecule has 0 spiro atoms. The summed E-state index contributed by atoms with van der Waals surface area (Å²) < 4.78 is 11.2. The van der Waals surface area contributed by atoms with Gasteiger partial charge in [-0.2, -0.15) is 0 Å². The van der Waals surface area contributed by atoms with Gasteiger partial charge >= 0.3 is 0 Å². The van der Waals surface area contributed by atoms with Gasteiger partial charge in [-0.25, -0.2) is 0 Å². The number of likely N-dealkylation sites (tertiary alicyclic amines) is 1. The number of hydrogen-bond donors (Lipinski definition) is 1. The van der Waals surface area contributed by atoms with Crippen molar-refractivity contribution in [2.24, 2.45) is 0 Å². The Morgan fingerprint density at radius 3 is 2.35 bits per heavy atom. The Labute approximate surface area is 198 Å². The van der Waals surface area contributed by atoms with Crippen molar-refractivity contribution in [3.63, 3.8) is 0 Å². The van der Waals surface area contributed by atoms with Crippen molar-refractivity contribution in [1.29, 1.82) is 0 Å². The zero-order chi connectivity index (χ0) is 23.8. The average Bonchev–Trinajstić information content (AvgIpc) is 3.49. The van der Waals surface area contributed by atoms with Gasteiger partial charge in [0.05, 0.1) is 25.8 Å². The summed E-state index contributed by atoms with van der Waals surface area (Å²) >= 11 is 0. The fourth-order valence-corrected chi connectivity index (χ4v) is 5.42. The summed E-state index contributed by atoms with van der Waals surface area (Å²) in [6, 6.07) is 17.8. The smallest absolute Gasteiger partial charge is 0.295 e. The molecule has 34 heavy (non-hydrogen) atoms. The third kappa shape index (κ3) is 3.41. The number of fused-ring (bicyclic) bond motifs is 1. The maximum atomic E-state index is 13.5. The van der Waals surface area contributed by atoms with E-state index >= 15 is 0 Å². The van der Waals surface area contributed by atoms with E-state index in [9.17, 15) is 14.7 Å². The summed E-state index contributed by atoms with van der Waals surface area (Å²) in [6.07, 6.45) is 3.64. The number of carbonyl (C=O) groups is 2. The lowest BCUT2D eigenvalue weighted by Gasteiger charge is -2.31. The zero-order valence-electron chi connectivity index (χ0n) is 19.3. The molecule has 0 aromatic heterocycles. The molecular weight excluding hydrogens is 430 g/mol. The lowest BCUT2D eigenvalue weighted by atomic mass is 9.92. The molecule has 1 saturated carbocycles. The number of rotatable bonds is 5. The standard InChI is InChI=1S/C28H27NO5/c1-33-22-16-8-15-21(27(22)34-2)24-23(26(31)28(32)29(24)18-11-4-5-12-18)25(30)20-14-7-10-17-9-3-6-13-19(17)20/h3,6-10,13-16,18,24,30H,4-5,11-12H2,1-2H3/b25-23+. The van der Waals surface area contributed by atoms with Crippen LogP contribution in [0.5, 0.6) is 11.5 Å². The number of nitrogens with zero attached hydrogens (tertiary/aromatic N) is 1. The van der Waals surface area contributed by atoms with Gasteiger partial charge in [-0.1, -0.05) is 67.4 Å². The van der Waals surface area contributed by atoms with Crippen molar-refractivity contribution in [2.45, 2.75) is 37.8 Å². The van der Waals surface area contributed by atoms with Crippen molar-refractivity contribution in [3.05, 3.63) is 77.4 Å². The van der Waals surface area contributed by atoms with E-state index in [1.165, 1.54) is 7.11 Å². The maximum absolute atomic E-state index is 13.5. The molecule has 2 aliphatic rings. The Morgan fingerprint density at radius 1 is 0.912 bits per heavy atom. The summed E-state index contributed by atoms with van der Waals surface area (Å²) in [5, 5.41) is 13.3. The Balaban J connectivity index is 1.78. The summed E-state index contributed by atoms with van der Waals surface area (Å²) in [4.78, 5) is 28.5. The van der Waals surface area contributed by atoms with Crippen molar-refractivity contribution < 1.29 is 24.2 Å². The molecule has 2 fully saturated rings. The molecule has 1 N–H and O–H groups in total. The number of ether oxygens (including phenoxy) is 2. The van der Waals surface area contributed by atoms with E-state index in [4.69, 9.17) is 9.47 Å².